The summed E-state index contributed by atoms with van der Waals surface area (Å²) in [5.74, 6) is -2.00. The Morgan fingerprint density at radius 2 is 1.75 bits per heavy atom. The third-order valence-electron chi connectivity index (χ3n) is 3.08. The molecule has 1 aromatic carbocycles. The van der Waals surface area contributed by atoms with Crippen LogP contribution in [0, 0.1) is 6.92 Å². The number of amides is 3. The zero-order valence-corrected chi connectivity index (χ0v) is 14.4. The smallest absolute Gasteiger partial charge is 0.266 e. The Morgan fingerprint density at radius 3 is 2.29 bits per heavy atom. The van der Waals surface area contributed by atoms with Crippen molar-refractivity contribution in [1.82, 2.24) is 9.88 Å². The van der Waals surface area contributed by atoms with Crippen LogP contribution in [0.3, 0.4) is 0 Å². The molecule has 4 N–H and O–H groups in total. The van der Waals surface area contributed by atoms with Gasteiger partial charge < -0.3 is 16.4 Å². The van der Waals surface area contributed by atoms with E-state index in [0.717, 1.165) is 16.2 Å². The molecule has 0 atom stereocenters. The number of hydrogen-bond acceptors (Lipinski definition) is 5. The summed E-state index contributed by atoms with van der Waals surface area (Å²) in [4.78, 5) is 40.5. The van der Waals surface area contributed by atoms with Gasteiger partial charge in [0.25, 0.3) is 5.91 Å². The summed E-state index contributed by atoms with van der Waals surface area (Å²) in [5, 5.41) is 1.08. The number of thiazole rings is 1. The molecule has 0 spiro atoms. The number of aryl methyl sites for hydroxylation is 1. The average molecular weight is 367 g/mol. The minimum absolute atomic E-state index is 0.299. The average Bonchev–Trinajstić information content (AvgIpc) is 2.87. The SMILES string of the molecule is Cc1nc(-c2ccccc2Cl)sc1C(=O)N(CC(N)=O)CC(N)=O. The molecule has 2 aromatic rings. The van der Waals surface area contributed by atoms with Gasteiger partial charge in [0, 0.05) is 5.56 Å². The van der Waals surface area contributed by atoms with Crippen molar-refractivity contribution in [3.8, 4) is 10.6 Å². The zero-order valence-electron chi connectivity index (χ0n) is 12.8. The van der Waals surface area contributed by atoms with Crippen molar-refractivity contribution in [2.75, 3.05) is 13.1 Å². The first-order valence-electron chi connectivity index (χ1n) is 6.87. The van der Waals surface area contributed by atoms with Gasteiger partial charge in [-0.05, 0) is 13.0 Å². The van der Waals surface area contributed by atoms with Crippen molar-refractivity contribution >= 4 is 40.7 Å². The van der Waals surface area contributed by atoms with E-state index in [4.69, 9.17) is 23.1 Å². The number of rotatable bonds is 6. The summed E-state index contributed by atoms with van der Waals surface area (Å²) in [6.45, 7) is 0.859. The highest BCUT2D eigenvalue weighted by Crippen LogP contribution is 2.33. The van der Waals surface area contributed by atoms with Crippen LogP contribution in [0.5, 0.6) is 0 Å². The highest BCUT2D eigenvalue weighted by Gasteiger charge is 2.24. The fourth-order valence-corrected chi connectivity index (χ4v) is 3.42. The van der Waals surface area contributed by atoms with Crippen molar-refractivity contribution in [2.24, 2.45) is 11.5 Å². The second-order valence-electron chi connectivity index (χ2n) is 5.01. The van der Waals surface area contributed by atoms with Crippen molar-refractivity contribution in [1.29, 1.82) is 0 Å². The molecule has 0 bridgehead atoms. The van der Waals surface area contributed by atoms with Gasteiger partial charge >= 0.3 is 0 Å². The number of primary amides is 2. The Hall–Kier alpha value is -2.45. The summed E-state index contributed by atoms with van der Waals surface area (Å²) in [5.41, 5.74) is 11.4. The number of nitrogens with zero attached hydrogens (tertiary/aromatic N) is 2. The molecule has 9 heteroatoms. The van der Waals surface area contributed by atoms with E-state index in [2.05, 4.69) is 4.98 Å². The second kappa shape index (κ2) is 7.41. The molecule has 0 saturated heterocycles. The Kier molecular flexibility index (Phi) is 5.53. The van der Waals surface area contributed by atoms with Crippen LogP contribution in [0.15, 0.2) is 24.3 Å². The minimum atomic E-state index is -0.738. The summed E-state index contributed by atoms with van der Waals surface area (Å²) in [6, 6.07) is 7.12. The van der Waals surface area contributed by atoms with Gasteiger partial charge in [-0.25, -0.2) is 4.98 Å². The van der Waals surface area contributed by atoms with Crippen molar-refractivity contribution in [3.05, 3.63) is 39.9 Å². The van der Waals surface area contributed by atoms with Crippen LogP contribution in [0.2, 0.25) is 5.02 Å². The van der Waals surface area contributed by atoms with Gasteiger partial charge in [0.15, 0.2) is 0 Å². The van der Waals surface area contributed by atoms with Crippen molar-refractivity contribution in [2.45, 2.75) is 6.92 Å². The first-order valence-corrected chi connectivity index (χ1v) is 8.07. The minimum Gasteiger partial charge on any atom is -0.368 e. The molecular formula is C15H15ClN4O3S. The lowest BCUT2D eigenvalue weighted by molar-refractivity contribution is -0.121. The van der Waals surface area contributed by atoms with Gasteiger partial charge in [-0.3, -0.25) is 14.4 Å². The Balaban J connectivity index is 2.37. The molecule has 3 amide bonds. The van der Waals surface area contributed by atoms with Crippen LogP contribution in [0.25, 0.3) is 10.6 Å². The molecule has 0 aliphatic carbocycles. The van der Waals surface area contributed by atoms with Gasteiger partial charge in [-0.2, -0.15) is 0 Å². The van der Waals surface area contributed by atoms with Gasteiger partial charge in [-0.1, -0.05) is 29.8 Å². The molecule has 2 rings (SSSR count). The van der Waals surface area contributed by atoms with Crippen molar-refractivity contribution < 1.29 is 14.4 Å². The van der Waals surface area contributed by atoms with Gasteiger partial charge in [0.1, 0.15) is 23.0 Å². The molecule has 24 heavy (non-hydrogen) atoms. The van der Waals surface area contributed by atoms with E-state index < -0.39 is 30.8 Å². The fourth-order valence-electron chi connectivity index (χ4n) is 2.06. The maximum Gasteiger partial charge on any atom is 0.266 e. The number of aromatic nitrogens is 1. The Bertz CT molecular complexity index is 790. The summed E-state index contributed by atoms with van der Waals surface area (Å²) < 4.78 is 0. The van der Waals surface area contributed by atoms with Crippen LogP contribution in [0.1, 0.15) is 15.4 Å². The molecule has 7 nitrogen and oxygen atoms in total. The maximum absolute atomic E-state index is 12.6. The van der Waals surface area contributed by atoms with Crippen LogP contribution < -0.4 is 11.5 Å². The van der Waals surface area contributed by atoms with E-state index in [1.165, 1.54) is 0 Å². The van der Waals surface area contributed by atoms with Crippen molar-refractivity contribution in [3.63, 3.8) is 0 Å². The molecule has 0 fully saturated rings. The van der Waals surface area contributed by atoms with E-state index in [-0.39, 0.29) is 0 Å². The van der Waals surface area contributed by atoms with E-state index in [0.29, 0.717) is 26.2 Å². The lowest BCUT2D eigenvalue weighted by atomic mass is 10.2. The van der Waals surface area contributed by atoms with Crippen LogP contribution in [-0.4, -0.2) is 40.7 Å². The number of carbonyl (C=O) groups is 3. The largest absolute Gasteiger partial charge is 0.368 e. The molecule has 1 aromatic heterocycles. The normalized spacial score (nSPS) is 10.4. The van der Waals surface area contributed by atoms with E-state index >= 15 is 0 Å². The van der Waals surface area contributed by atoms with Gasteiger partial charge in [-0.15, -0.1) is 11.3 Å². The summed E-state index contributed by atoms with van der Waals surface area (Å²) in [7, 11) is 0. The Morgan fingerprint density at radius 1 is 1.17 bits per heavy atom. The molecule has 1 heterocycles. The first kappa shape index (κ1) is 17.9. The van der Waals surface area contributed by atoms with E-state index in [9.17, 15) is 14.4 Å². The standard InChI is InChI=1S/C15H15ClN4O3S/c1-8-13(15(23)20(6-11(17)21)7-12(18)22)24-14(19-8)9-4-2-3-5-10(9)16/h2-5H,6-7H2,1H3,(H2,17,21)(H2,18,22). The van der Waals surface area contributed by atoms with Crippen LogP contribution >= 0.6 is 22.9 Å². The molecule has 0 unspecified atom stereocenters. The number of carbonyl (C=O) groups excluding carboxylic acids is 3. The predicted molar refractivity (Wildman–Crippen MR) is 91.6 cm³/mol. The van der Waals surface area contributed by atoms with Gasteiger partial charge in [0.05, 0.1) is 10.7 Å². The topological polar surface area (TPSA) is 119 Å². The molecule has 0 radical (unpaired) electrons. The molecule has 0 aliphatic heterocycles. The summed E-state index contributed by atoms with van der Waals surface area (Å²) >= 11 is 7.28. The zero-order chi connectivity index (χ0) is 17.9. The number of halogens is 1. The highest BCUT2D eigenvalue weighted by atomic mass is 35.5. The number of benzene rings is 1. The lowest BCUT2D eigenvalue weighted by Crippen LogP contribution is -2.43. The molecule has 0 aliphatic rings. The van der Waals surface area contributed by atoms with E-state index in [1.807, 2.05) is 6.07 Å². The maximum atomic E-state index is 12.6. The third kappa shape index (κ3) is 4.09. The summed E-state index contributed by atoms with van der Waals surface area (Å²) in [6.07, 6.45) is 0. The van der Waals surface area contributed by atoms with Gasteiger partial charge in [0.2, 0.25) is 11.8 Å². The monoisotopic (exact) mass is 366 g/mol. The predicted octanol–water partition coefficient (Wildman–Crippen LogP) is 1.18. The quantitative estimate of drug-likeness (QED) is 0.797. The van der Waals surface area contributed by atoms with E-state index in [1.54, 1.807) is 25.1 Å². The first-order chi connectivity index (χ1) is 11.3. The van der Waals surface area contributed by atoms with Crippen LogP contribution in [0.4, 0.5) is 0 Å². The highest BCUT2D eigenvalue weighted by molar-refractivity contribution is 7.17. The third-order valence-corrected chi connectivity index (χ3v) is 4.58. The second-order valence-corrected chi connectivity index (χ2v) is 6.41. The Labute approximate surface area is 147 Å². The fraction of sp³-hybridized carbons (Fsp3) is 0.200. The lowest BCUT2D eigenvalue weighted by Gasteiger charge is -2.18. The molecule has 0 saturated carbocycles. The number of hydrogen-bond donors (Lipinski definition) is 2. The molecular weight excluding hydrogens is 352 g/mol. The molecule has 126 valence electrons. The number of nitrogens with two attached hydrogens (primary N) is 2. The van der Waals surface area contributed by atoms with Crippen LogP contribution in [-0.2, 0) is 9.59 Å².